The fourth-order valence-corrected chi connectivity index (χ4v) is 0. The zero-order valence-corrected chi connectivity index (χ0v) is 4.16. The first-order valence-electron chi connectivity index (χ1n) is 0.698. The predicted molar refractivity (Wildman–Crippen MR) is 35.7 cm³/mol. The van der Waals surface area contributed by atoms with Gasteiger partial charge in [0.05, 0.1) is 0 Å². The Bertz CT molecular complexity index is 97.2. The van der Waals surface area contributed by atoms with E-state index in [1.807, 2.05) is 0 Å². The fraction of sp³-hybridized carbons (Fsp3) is 0. The fourth-order valence-electron chi connectivity index (χ4n) is 0. The summed E-state index contributed by atoms with van der Waals surface area (Å²) in [4.78, 5) is 0. The first kappa shape index (κ1) is 22.8. The normalized spacial score (nSPS) is 7.25. The van der Waals surface area contributed by atoms with Crippen LogP contribution >= 0.6 is 12.4 Å². The Morgan fingerprint density at radius 3 is 1.00 bits per heavy atom. The van der Waals surface area contributed by atoms with Gasteiger partial charge in [-0.1, -0.05) is 0 Å². The second-order valence-corrected chi connectivity index (χ2v) is 1.34. The summed E-state index contributed by atoms with van der Waals surface area (Å²) in [6, 6.07) is 0. The zero-order chi connectivity index (χ0) is 4.50. The summed E-state index contributed by atoms with van der Waals surface area (Å²) in [5, 5.41) is 0. The van der Waals surface area contributed by atoms with Crippen LogP contribution in [0.25, 0.3) is 0 Å². The van der Waals surface area contributed by atoms with E-state index in [1.54, 1.807) is 0 Å². The van der Waals surface area contributed by atoms with Gasteiger partial charge >= 0.3 is 48.1 Å². The van der Waals surface area contributed by atoms with Crippen LogP contribution in [-0.4, -0.2) is 55.2 Å². The van der Waals surface area contributed by atoms with Gasteiger partial charge in [0, 0.05) is 0 Å². The van der Waals surface area contributed by atoms with Gasteiger partial charge < -0.3 is 0 Å². The van der Waals surface area contributed by atoms with Gasteiger partial charge in [-0.3, -0.25) is 9.11 Å². The molecule has 0 aliphatic heterocycles. The van der Waals surface area contributed by atoms with Crippen molar-refractivity contribution in [2.75, 3.05) is 0 Å². The van der Waals surface area contributed by atoms with E-state index < -0.39 is 10.4 Å². The molecule has 0 aliphatic carbocycles. The predicted octanol–water partition coefficient (Wildman–Crippen LogP) is -1.53. The molecule has 0 bridgehead atoms. The number of rotatable bonds is 0. The van der Waals surface area contributed by atoms with Gasteiger partial charge in [0.25, 0.3) is 0 Å². The number of halogens is 1. The standard InChI is InChI=1S/ClH.2Li.H2O4S.2H/c;;;1-5(2,3)4;;/h1H;;;(H2,1,2,3,4);;. The Morgan fingerprint density at radius 1 is 1.00 bits per heavy atom. The monoisotopic (exact) mass is 150 g/mol. The Balaban J connectivity index is -0.0000000267. The van der Waals surface area contributed by atoms with Crippen LogP contribution in [-0.2, 0) is 10.4 Å². The molecule has 0 heterocycles. The van der Waals surface area contributed by atoms with Crippen LogP contribution in [0.4, 0.5) is 0 Å². The van der Waals surface area contributed by atoms with E-state index in [1.165, 1.54) is 0 Å². The Kier molecular flexibility index (Phi) is 23.8. The molecule has 0 aromatic rings. The minimum atomic E-state index is -4.67. The van der Waals surface area contributed by atoms with Crippen molar-refractivity contribution < 1.29 is 17.5 Å². The van der Waals surface area contributed by atoms with Crippen molar-refractivity contribution in [2.45, 2.75) is 0 Å². The third-order valence-corrected chi connectivity index (χ3v) is 0. The summed E-state index contributed by atoms with van der Waals surface area (Å²) < 4.78 is 31.6. The molecule has 44 valence electrons. The summed E-state index contributed by atoms with van der Waals surface area (Å²) in [6.45, 7) is 0. The van der Waals surface area contributed by atoms with E-state index >= 15 is 0 Å². The van der Waals surface area contributed by atoms with Crippen molar-refractivity contribution >= 4 is 60.5 Å². The van der Waals surface area contributed by atoms with Crippen LogP contribution in [0.15, 0.2) is 0 Å². The SMILES string of the molecule is Cl.O=S(=O)(O)O.[LiH].[LiH]. The Morgan fingerprint density at radius 2 is 1.00 bits per heavy atom. The van der Waals surface area contributed by atoms with Crippen molar-refractivity contribution in [3.63, 3.8) is 0 Å². The van der Waals surface area contributed by atoms with Crippen molar-refractivity contribution in [3.8, 4) is 0 Å². The van der Waals surface area contributed by atoms with Crippen LogP contribution in [0.1, 0.15) is 0 Å². The Labute approximate surface area is 77.8 Å². The number of hydrogen-bond acceptors (Lipinski definition) is 2. The topological polar surface area (TPSA) is 74.6 Å². The van der Waals surface area contributed by atoms with E-state index in [9.17, 15) is 0 Å². The molecule has 2 N–H and O–H groups in total. The van der Waals surface area contributed by atoms with Gasteiger partial charge in [0.1, 0.15) is 0 Å². The van der Waals surface area contributed by atoms with E-state index in [0.29, 0.717) is 0 Å². The van der Waals surface area contributed by atoms with Gasteiger partial charge in [0.2, 0.25) is 0 Å². The molecular formula is H5ClLi2O4S. The summed E-state index contributed by atoms with van der Waals surface area (Å²) in [6.07, 6.45) is 0. The van der Waals surface area contributed by atoms with Crippen molar-refractivity contribution in [1.29, 1.82) is 0 Å². The van der Waals surface area contributed by atoms with Crippen molar-refractivity contribution in [1.82, 2.24) is 0 Å². The number of hydrogen-bond donors (Lipinski definition) is 2. The van der Waals surface area contributed by atoms with Crippen LogP contribution in [0, 0.1) is 0 Å². The molecule has 0 amide bonds. The quantitative estimate of drug-likeness (QED) is 0.325. The van der Waals surface area contributed by atoms with Crippen LogP contribution in [0.3, 0.4) is 0 Å². The summed E-state index contributed by atoms with van der Waals surface area (Å²) in [7, 11) is -4.67. The molecule has 0 aromatic heterocycles. The van der Waals surface area contributed by atoms with E-state index in [4.69, 9.17) is 17.5 Å². The van der Waals surface area contributed by atoms with Crippen LogP contribution < -0.4 is 0 Å². The molecule has 0 spiro atoms. The van der Waals surface area contributed by atoms with E-state index in [0.717, 1.165) is 0 Å². The second-order valence-electron chi connectivity index (χ2n) is 0.448. The molecule has 0 aromatic carbocycles. The van der Waals surface area contributed by atoms with E-state index in [-0.39, 0.29) is 50.1 Å². The first-order valence-corrected chi connectivity index (χ1v) is 2.10. The van der Waals surface area contributed by atoms with Gasteiger partial charge in [-0.25, -0.2) is 0 Å². The maximum atomic E-state index is 8.74. The molecule has 0 atom stereocenters. The molecule has 0 saturated heterocycles. The molecule has 8 heteroatoms. The zero-order valence-electron chi connectivity index (χ0n) is 2.53. The van der Waals surface area contributed by atoms with Crippen molar-refractivity contribution in [2.24, 2.45) is 0 Å². The molecule has 8 heavy (non-hydrogen) atoms. The average molecular weight is 150 g/mol. The van der Waals surface area contributed by atoms with Crippen LogP contribution in [0.5, 0.6) is 0 Å². The average Bonchev–Trinajstić information content (AvgIpc) is 0.722. The van der Waals surface area contributed by atoms with Crippen molar-refractivity contribution in [3.05, 3.63) is 0 Å². The summed E-state index contributed by atoms with van der Waals surface area (Å²) in [5.74, 6) is 0. The van der Waals surface area contributed by atoms with Gasteiger partial charge in [0.15, 0.2) is 0 Å². The second kappa shape index (κ2) is 8.35. The molecule has 0 unspecified atom stereocenters. The molecular weight excluding hydrogens is 145 g/mol. The van der Waals surface area contributed by atoms with E-state index in [2.05, 4.69) is 0 Å². The molecule has 0 fully saturated rings. The molecule has 4 nitrogen and oxygen atoms in total. The molecule has 0 rings (SSSR count). The molecule has 0 aliphatic rings. The maximum absolute atomic E-state index is 8.74. The van der Waals surface area contributed by atoms with Gasteiger partial charge in [-0.05, 0) is 0 Å². The molecule has 0 radical (unpaired) electrons. The minimum absolute atomic E-state index is 0. The third-order valence-electron chi connectivity index (χ3n) is 0. The van der Waals surface area contributed by atoms with Gasteiger partial charge in [-0.15, -0.1) is 12.4 Å². The Hall–Kier alpha value is 1.35. The third kappa shape index (κ3) is 162. The summed E-state index contributed by atoms with van der Waals surface area (Å²) >= 11 is 0. The van der Waals surface area contributed by atoms with Crippen LogP contribution in [0.2, 0.25) is 0 Å². The van der Waals surface area contributed by atoms with Gasteiger partial charge in [-0.2, -0.15) is 8.42 Å². The first-order chi connectivity index (χ1) is 2.00. The summed E-state index contributed by atoms with van der Waals surface area (Å²) in [5.41, 5.74) is 0. The molecule has 0 saturated carbocycles.